The van der Waals surface area contributed by atoms with Crippen molar-refractivity contribution in [3.63, 3.8) is 0 Å². The zero-order valence-corrected chi connectivity index (χ0v) is 20.7. The molecule has 0 fully saturated rings. The molecule has 0 spiro atoms. The predicted octanol–water partition coefficient (Wildman–Crippen LogP) is 3.15. The smallest absolute Gasteiger partial charge is 0.312 e. The third-order valence-electron chi connectivity index (χ3n) is 4.71. The van der Waals surface area contributed by atoms with Crippen molar-refractivity contribution in [2.45, 2.75) is 24.3 Å². The van der Waals surface area contributed by atoms with Crippen LogP contribution in [0.3, 0.4) is 0 Å². The van der Waals surface area contributed by atoms with Crippen LogP contribution in [0.1, 0.15) is 20.8 Å². The second-order valence-corrected chi connectivity index (χ2v) is 10.7. The third-order valence-corrected chi connectivity index (χ3v) is 8.12. The number of carbonyl (C=O) groups excluding carboxylic acids is 1. The summed E-state index contributed by atoms with van der Waals surface area (Å²) in [6.07, 6.45) is 0.709. The lowest BCUT2D eigenvalue weighted by molar-refractivity contribution is -0.139. The van der Waals surface area contributed by atoms with E-state index in [1.54, 1.807) is 35.2 Å². The maximum atomic E-state index is 11.5. The van der Waals surface area contributed by atoms with Crippen LogP contribution in [0, 0.1) is 0 Å². The minimum absolute atomic E-state index is 0.0776. The molecule has 0 aliphatic carbocycles. The maximum absolute atomic E-state index is 11.5. The number of ether oxygens (including phenoxy) is 1. The van der Waals surface area contributed by atoms with Gasteiger partial charge in [0, 0.05) is 16.3 Å². The summed E-state index contributed by atoms with van der Waals surface area (Å²) in [6, 6.07) is 11.2. The summed E-state index contributed by atoms with van der Waals surface area (Å²) in [6.45, 7) is 0. The molecule has 9 nitrogen and oxygen atoms in total. The molecule has 1 unspecified atom stereocenters. The van der Waals surface area contributed by atoms with E-state index in [-0.39, 0.29) is 23.8 Å². The van der Waals surface area contributed by atoms with Gasteiger partial charge in [-0.15, -0.1) is 33.3 Å². The quantitative estimate of drug-likeness (QED) is 0.234. The molecular formula is C20H21N5O4S4. The lowest BCUT2D eigenvalue weighted by Gasteiger charge is -2.21. The average molecular weight is 524 g/mol. The number of aromatic nitrogens is 2. The molecule has 0 saturated carbocycles. The van der Waals surface area contributed by atoms with Gasteiger partial charge in [-0.25, -0.2) is 8.42 Å². The largest absolute Gasteiger partial charge is 0.469 e. The number of thiophene rings is 1. The number of methoxy groups -OCH3 is 1. The number of nitrogens with one attached hydrogen (secondary N) is 3. The SMILES string of the molecule is COC(=O)Cc1nnc(N[C@@H](Cc2ccc(N[SH](=O)=O)cc2)C2=CSC(c3cccs3)N2)s1. The molecule has 174 valence electrons. The van der Waals surface area contributed by atoms with Crippen LogP contribution >= 0.6 is 34.4 Å². The van der Waals surface area contributed by atoms with E-state index in [1.165, 1.54) is 23.3 Å². The molecule has 1 aliphatic rings. The lowest BCUT2D eigenvalue weighted by atomic mass is 10.0. The van der Waals surface area contributed by atoms with Gasteiger partial charge >= 0.3 is 5.97 Å². The van der Waals surface area contributed by atoms with Gasteiger partial charge in [0.05, 0.1) is 19.6 Å². The van der Waals surface area contributed by atoms with Gasteiger partial charge in [0.25, 0.3) is 0 Å². The lowest BCUT2D eigenvalue weighted by Crippen LogP contribution is -2.31. The maximum Gasteiger partial charge on any atom is 0.312 e. The Morgan fingerprint density at radius 2 is 2.06 bits per heavy atom. The van der Waals surface area contributed by atoms with E-state index in [9.17, 15) is 13.2 Å². The van der Waals surface area contributed by atoms with Crippen molar-refractivity contribution in [2.24, 2.45) is 0 Å². The van der Waals surface area contributed by atoms with Crippen LogP contribution < -0.4 is 15.4 Å². The Morgan fingerprint density at radius 1 is 1.24 bits per heavy atom. The van der Waals surface area contributed by atoms with Crippen molar-refractivity contribution in [3.8, 4) is 0 Å². The first kappa shape index (κ1) is 23.5. The predicted molar refractivity (Wildman–Crippen MR) is 133 cm³/mol. The van der Waals surface area contributed by atoms with Crippen molar-refractivity contribution < 1.29 is 17.9 Å². The van der Waals surface area contributed by atoms with E-state index in [0.29, 0.717) is 22.2 Å². The number of nitrogens with zero attached hydrogens (tertiary/aromatic N) is 2. The minimum Gasteiger partial charge on any atom is -0.469 e. The van der Waals surface area contributed by atoms with Gasteiger partial charge in [0.1, 0.15) is 10.4 Å². The van der Waals surface area contributed by atoms with Crippen molar-refractivity contribution in [2.75, 3.05) is 17.1 Å². The molecule has 4 rings (SSSR count). The van der Waals surface area contributed by atoms with E-state index in [2.05, 4.69) is 42.4 Å². The number of rotatable bonds is 10. The van der Waals surface area contributed by atoms with Crippen LogP contribution in [0.2, 0.25) is 0 Å². The van der Waals surface area contributed by atoms with Crippen molar-refractivity contribution in [1.29, 1.82) is 0 Å². The number of benzene rings is 1. The zero-order valence-electron chi connectivity index (χ0n) is 17.4. The molecule has 2 aromatic heterocycles. The molecule has 0 radical (unpaired) electrons. The molecule has 3 heterocycles. The van der Waals surface area contributed by atoms with Crippen LogP contribution in [0.25, 0.3) is 0 Å². The van der Waals surface area contributed by atoms with Gasteiger partial charge in [0.15, 0.2) is 0 Å². The summed E-state index contributed by atoms with van der Waals surface area (Å²) in [5, 5.41) is 20.8. The first-order valence-electron chi connectivity index (χ1n) is 9.81. The number of thiol groups is 1. The monoisotopic (exact) mass is 523 g/mol. The summed E-state index contributed by atoms with van der Waals surface area (Å²) in [4.78, 5) is 12.8. The highest BCUT2D eigenvalue weighted by molar-refractivity contribution is 8.02. The van der Waals surface area contributed by atoms with Crippen molar-refractivity contribution in [1.82, 2.24) is 15.5 Å². The van der Waals surface area contributed by atoms with Crippen LogP contribution in [0.15, 0.2) is 52.9 Å². The number of carbonyl (C=O) groups is 1. The molecule has 2 atom stereocenters. The Kier molecular flexibility index (Phi) is 7.85. The number of hydrogen-bond acceptors (Lipinski definition) is 11. The highest BCUT2D eigenvalue weighted by Gasteiger charge is 2.26. The number of hydrogen-bond donors (Lipinski definition) is 4. The van der Waals surface area contributed by atoms with Crippen LogP contribution in [-0.4, -0.2) is 37.7 Å². The summed E-state index contributed by atoms with van der Waals surface area (Å²) >= 11 is 4.72. The van der Waals surface area contributed by atoms with Gasteiger partial charge in [0.2, 0.25) is 16.0 Å². The zero-order chi connectivity index (χ0) is 23.2. The number of anilines is 2. The molecule has 13 heteroatoms. The molecule has 0 amide bonds. The first-order chi connectivity index (χ1) is 16.0. The van der Waals surface area contributed by atoms with Crippen LogP contribution in [0.5, 0.6) is 0 Å². The second-order valence-electron chi connectivity index (χ2n) is 6.97. The molecular weight excluding hydrogens is 503 g/mol. The van der Waals surface area contributed by atoms with Crippen LogP contribution in [-0.2, 0) is 33.3 Å². The van der Waals surface area contributed by atoms with Gasteiger partial charge in [-0.3, -0.25) is 9.52 Å². The average Bonchev–Trinajstić information content (AvgIpc) is 3.56. The van der Waals surface area contributed by atoms with Gasteiger partial charge in [-0.2, -0.15) is 0 Å². The highest BCUT2D eigenvalue weighted by atomic mass is 32.2. The fraction of sp³-hybridized carbons (Fsp3) is 0.250. The summed E-state index contributed by atoms with van der Waals surface area (Å²) in [5.41, 5.74) is 2.56. The molecule has 33 heavy (non-hydrogen) atoms. The minimum atomic E-state index is -2.70. The summed E-state index contributed by atoms with van der Waals surface area (Å²) in [5.74, 6) is -0.363. The third kappa shape index (κ3) is 6.47. The Balaban J connectivity index is 1.50. The Morgan fingerprint density at radius 3 is 2.76 bits per heavy atom. The Labute approximate surface area is 204 Å². The van der Waals surface area contributed by atoms with E-state index in [1.807, 2.05) is 18.2 Å². The number of esters is 1. The van der Waals surface area contributed by atoms with Gasteiger partial charge in [-0.1, -0.05) is 29.5 Å². The fourth-order valence-electron chi connectivity index (χ4n) is 3.15. The Hall–Kier alpha value is -2.61. The molecule has 3 N–H and O–H groups in total. The second kappa shape index (κ2) is 11.0. The van der Waals surface area contributed by atoms with Gasteiger partial charge in [-0.05, 0) is 41.0 Å². The summed E-state index contributed by atoms with van der Waals surface area (Å²) in [7, 11) is -1.36. The van der Waals surface area contributed by atoms with Crippen LogP contribution in [0.4, 0.5) is 10.8 Å². The fourth-order valence-corrected chi connectivity index (χ4v) is 6.20. The molecule has 1 aromatic carbocycles. The van der Waals surface area contributed by atoms with E-state index < -0.39 is 10.9 Å². The molecule has 0 bridgehead atoms. The molecule has 3 aromatic rings. The van der Waals surface area contributed by atoms with Crippen molar-refractivity contribution in [3.05, 3.63) is 68.3 Å². The first-order valence-corrected chi connectivity index (χ1v) is 13.6. The topological polar surface area (TPSA) is 122 Å². The van der Waals surface area contributed by atoms with E-state index in [0.717, 1.165) is 11.3 Å². The summed E-state index contributed by atoms with van der Waals surface area (Å²) < 4.78 is 28.8. The molecule has 0 saturated heterocycles. The number of thioether (sulfide) groups is 1. The molecule has 1 aliphatic heterocycles. The van der Waals surface area contributed by atoms with E-state index in [4.69, 9.17) is 4.74 Å². The normalized spacial score (nSPS) is 16.2. The standard InChI is InChI=1S/C20H21N5O4S4/c1-29-18(26)10-17-23-24-20(32-17)22-14(9-12-4-6-13(7-5-12)25-33(27)28)15-11-31-19(21-15)16-3-2-8-30-16/h2-8,11,14,19,21,33H,9-10H2,1H3,(H,22,24)(H,25,27,28)/t14-,19?/m0/s1. The van der Waals surface area contributed by atoms with Gasteiger partial charge < -0.3 is 15.4 Å². The van der Waals surface area contributed by atoms with E-state index >= 15 is 0 Å². The van der Waals surface area contributed by atoms with Crippen molar-refractivity contribution >= 4 is 62.1 Å². The Bertz CT molecular complexity index is 1180. The highest BCUT2D eigenvalue weighted by Crippen LogP contribution is 2.38.